The summed E-state index contributed by atoms with van der Waals surface area (Å²) < 4.78 is 7.40. The minimum Gasteiger partial charge on any atom is -0.384 e. The van der Waals surface area contributed by atoms with Gasteiger partial charge in [0.2, 0.25) is 0 Å². The van der Waals surface area contributed by atoms with E-state index >= 15 is 0 Å². The van der Waals surface area contributed by atoms with Gasteiger partial charge in [0, 0.05) is 55.9 Å². The van der Waals surface area contributed by atoms with Crippen molar-refractivity contribution < 1.29 is 4.74 Å². The van der Waals surface area contributed by atoms with Crippen molar-refractivity contribution in [1.29, 1.82) is 5.41 Å². The first kappa shape index (κ1) is 20.8. The highest BCUT2D eigenvalue weighted by molar-refractivity contribution is 5.95. The molecule has 0 bridgehead atoms. The Morgan fingerprint density at radius 2 is 2.13 bits per heavy atom. The number of hydrogen-bond acceptors (Lipinski definition) is 7. The van der Waals surface area contributed by atoms with Crippen LogP contribution in [0.2, 0.25) is 0 Å². The Labute approximate surface area is 181 Å². The van der Waals surface area contributed by atoms with E-state index in [0.717, 1.165) is 74.6 Å². The lowest BCUT2D eigenvalue weighted by Gasteiger charge is -2.26. The topological polar surface area (TPSA) is 117 Å². The maximum absolute atomic E-state index is 7.03. The molecule has 0 atom stereocenters. The second kappa shape index (κ2) is 10.1. The monoisotopic (exact) mass is 420 g/mol. The number of aliphatic imine (C=N–C) groups is 1. The zero-order valence-electron chi connectivity index (χ0n) is 17.4. The molecule has 0 aliphatic carbocycles. The van der Waals surface area contributed by atoms with Gasteiger partial charge in [0.1, 0.15) is 11.7 Å². The first-order valence-electron chi connectivity index (χ1n) is 10.4. The highest BCUT2D eigenvalue weighted by atomic mass is 16.5. The maximum Gasteiger partial charge on any atom is 0.132 e. The molecule has 5 N–H and O–H groups in total. The number of dihydropyridines is 2. The third kappa shape index (κ3) is 5.59. The third-order valence-electron chi connectivity index (χ3n) is 5.19. The summed E-state index contributed by atoms with van der Waals surface area (Å²) in [6.07, 6.45) is 17.2. The number of fused-ring (bicyclic) bond motifs is 1. The number of nitrogens with two attached hydrogens (primary N) is 1. The molecular weight excluding hydrogens is 392 g/mol. The molecule has 3 aliphatic heterocycles. The van der Waals surface area contributed by atoms with Crippen molar-refractivity contribution in [2.24, 2.45) is 10.7 Å². The number of amidine groups is 1. The van der Waals surface area contributed by atoms with Gasteiger partial charge in [-0.25, -0.2) is 4.99 Å². The molecule has 1 saturated heterocycles. The summed E-state index contributed by atoms with van der Waals surface area (Å²) in [6, 6.07) is 0. The average Bonchev–Trinajstić information content (AvgIpc) is 3.27. The Morgan fingerprint density at radius 1 is 1.26 bits per heavy atom. The van der Waals surface area contributed by atoms with Gasteiger partial charge in [-0.2, -0.15) is 5.10 Å². The number of rotatable bonds is 8. The van der Waals surface area contributed by atoms with Gasteiger partial charge >= 0.3 is 0 Å². The summed E-state index contributed by atoms with van der Waals surface area (Å²) in [5.41, 5.74) is 9.84. The number of allylic oxidation sites excluding steroid dienone is 5. The van der Waals surface area contributed by atoms with E-state index in [0.29, 0.717) is 11.7 Å². The summed E-state index contributed by atoms with van der Waals surface area (Å²) in [6.45, 7) is 5.67. The molecule has 0 radical (unpaired) electrons. The Balaban J connectivity index is 1.36. The van der Waals surface area contributed by atoms with Crippen LogP contribution in [0, 0.1) is 5.41 Å². The predicted octanol–water partition coefficient (Wildman–Crippen LogP) is 1.32. The first-order chi connectivity index (χ1) is 15.2. The van der Waals surface area contributed by atoms with Crippen molar-refractivity contribution in [2.75, 3.05) is 32.8 Å². The molecule has 162 valence electrons. The van der Waals surface area contributed by atoms with Gasteiger partial charge in [0.15, 0.2) is 0 Å². The van der Waals surface area contributed by atoms with E-state index in [1.165, 1.54) is 6.08 Å². The first-order valence-corrected chi connectivity index (χ1v) is 10.4. The number of nitrogens with zero attached hydrogens (tertiary/aromatic N) is 4. The molecule has 0 aromatic carbocycles. The van der Waals surface area contributed by atoms with Crippen LogP contribution in [0.25, 0.3) is 5.57 Å². The zero-order valence-corrected chi connectivity index (χ0v) is 17.4. The molecular formula is C22H28N8O. The van der Waals surface area contributed by atoms with Crippen LogP contribution in [0.3, 0.4) is 0 Å². The van der Waals surface area contributed by atoms with E-state index in [2.05, 4.69) is 37.9 Å². The molecule has 0 saturated carbocycles. The molecule has 1 aromatic rings. The Hall–Kier alpha value is -3.43. The van der Waals surface area contributed by atoms with Crippen LogP contribution in [0.5, 0.6) is 0 Å². The van der Waals surface area contributed by atoms with E-state index in [-0.39, 0.29) is 0 Å². The molecule has 0 spiro atoms. The molecule has 31 heavy (non-hydrogen) atoms. The van der Waals surface area contributed by atoms with Crippen LogP contribution >= 0.6 is 0 Å². The lowest BCUT2D eigenvalue weighted by molar-refractivity contribution is 0.0368. The van der Waals surface area contributed by atoms with E-state index < -0.39 is 0 Å². The van der Waals surface area contributed by atoms with Gasteiger partial charge < -0.3 is 26.5 Å². The highest BCUT2D eigenvalue weighted by Crippen LogP contribution is 2.25. The van der Waals surface area contributed by atoms with Gasteiger partial charge in [0.05, 0.1) is 30.8 Å². The second-order valence-electron chi connectivity index (χ2n) is 7.42. The van der Waals surface area contributed by atoms with Gasteiger partial charge in [-0.3, -0.25) is 9.58 Å². The number of nitrogens with one attached hydrogen (secondary N) is 3. The summed E-state index contributed by atoms with van der Waals surface area (Å²) >= 11 is 0. The van der Waals surface area contributed by atoms with Crippen molar-refractivity contribution >= 4 is 17.6 Å². The summed E-state index contributed by atoms with van der Waals surface area (Å²) in [5, 5.41) is 18.2. The van der Waals surface area contributed by atoms with Crippen LogP contribution in [-0.2, 0) is 11.3 Å². The van der Waals surface area contributed by atoms with Crippen LogP contribution in [0.4, 0.5) is 0 Å². The van der Waals surface area contributed by atoms with E-state index in [9.17, 15) is 0 Å². The average molecular weight is 421 g/mol. The van der Waals surface area contributed by atoms with Crippen LogP contribution in [0.1, 0.15) is 12.0 Å². The minimum absolute atomic E-state index is 0.331. The normalized spacial score (nSPS) is 19.5. The number of aromatic nitrogens is 2. The number of hydrogen-bond donors (Lipinski definition) is 4. The van der Waals surface area contributed by atoms with Gasteiger partial charge in [-0.1, -0.05) is 0 Å². The largest absolute Gasteiger partial charge is 0.384 e. The molecule has 9 heteroatoms. The van der Waals surface area contributed by atoms with Crippen LogP contribution in [-0.4, -0.2) is 59.6 Å². The van der Waals surface area contributed by atoms with Crippen LogP contribution in [0.15, 0.2) is 71.2 Å². The molecule has 1 fully saturated rings. The molecule has 4 heterocycles. The van der Waals surface area contributed by atoms with E-state index in [4.69, 9.17) is 15.9 Å². The maximum atomic E-state index is 7.03. The molecule has 0 unspecified atom stereocenters. The summed E-state index contributed by atoms with van der Waals surface area (Å²) in [7, 11) is 0. The Bertz CT molecular complexity index is 989. The smallest absolute Gasteiger partial charge is 0.132 e. The van der Waals surface area contributed by atoms with Crippen molar-refractivity contribution in [3.63, 3.8) is 0 Å². The van der Waals surface area contributed by atoms with Crippen molar-refractivity contribution in [1.82, 2.24) is 25.3 Å². The zero-order chi connectivity index (χ0) is 21.5. The molecule has 0 amide bonds. The quantitative estimate of drug-likeness (QED) is 0.372. The third-order valence-corrected chi connectivity index (χ3v) is 5.19. The predicted molar refractivity (Wildman–Crippen MR) is 122 cm³/mol. The SMILES string of the molecule is N=CC=CC(N)=NC1=CC=C2NC=C(c3cnn(CCCN4CCOCC4)c3)C=C2N1. The van der Waals surface area contributed by atoms with E-state index in [1.807, 2.05) is 29.2 Å². The Kier molecular flexibility index (Phi) is 6.75. The molecule has 3 aliphatic rings. The van der Waals surface area contributed by atoms with Gasteiger partial charge in [-0.05, 0) is 36.8 Å². The second-order valence-corrected chi connectivity index (χ2v) is 7.42. The Morgan fingerprint density at radius 3 is 2.97 bits per heavy atom. The highest BCUT2D eigenvalue weighted by Gasteiger charge is 2.17. The lowest BCUT2D eigenvalue weighted by atomic mass is 10.0. The standard InChI is InChI=1S/C22H28N8O/c23-6-1-3-21(24)28-22-5-4-19-20(27-22)13-17(14-25-19)18-15-26-30(16-18)8-2-7-29-9-11-31-12-10-29/h1,3-6,13-16,23,25,27H,2,7-12H2,(H2,24,28). The van der Waals surface area contributed by atoms with E-state index in [1.54, 1.807) is 6.08 Å². The molecule has 1 aromatic heterocycles. The summed E-state index contributed by atoms with van der Waals surface area (Å²) in [4.78, 5) is 6.77. The fraction of sp³-hybridized carbons (Fsp3) is 0.318. The van der Waals surface area contributed by atoms with Gasteiger partial charge in [-0.15, -0.1) is 0 Å². The minimum atomic E-state index is 0.331. The summed E-state index contributed by atoms with van der Waals surface area (Å²) in [5.74, 6) is 0.974. The van der Waals surface area contributed by atoms with Crippen LogP contribution < -0.4 is 16.4 Å². The number of ether oxygens (including phenoxy) is 1. The van der Waals surface area contributed by atoms with Gasteiger partial charge in [0.25, 0.3) is 0 Å². The molecule has 4 rings (SSSR count). The van der Waals surface area contributed by atoms with Crippen molar-refractivity contribution in [2.45, 2.75) is 13.0 Å². The number of morpholine rings is 1. The molecule has 9 nitrogen and oxygen atoms in total. The fourth-order valence-corrected chi connectivity index (χ4v) is 3.56. The van der Waals surface area contributed by atoms with Crippen molar-refractivity contribution in [3.8, 4) is 0 Å². The van der Waals surface area contributed by atoms with Crippen molar-refractivity contribution in [3.05, 3.63) is 71.8 Å². The fourth-order valence-electron chi connectivity index (χ4n) is 3.56. The number of aryl methyl sites for hydroxylation is 1. The lowest BCUT2D eigenvalue weighted by Crippen LogP contribution is -2.37.